The van der Waals surface area contributed by atoms with Crippen molar-refractivity contribution in [3.8, 4) is 0 Å². The molecule has 3 N–H and O–H groups in total. The number of carbonyl (C=O) groups excluding carboxylic acids is 1. The number of H-pyrrole nitrogens is 1. The monoisotopic (exact) mass is 299 g/mol. The number of amides is 1. The minimum Gasteiger partial charge on any atom is -0.394 e. The van der Waals surface area contributed by atoms with Gasteiger partial charge < -0.3 is 10.4 Å². The molecule has 0 aliphatic rings. The van der Waals surface area contributed by atoms with Crippen molar-refractivity contribution < 1.29 is 9.90 Å². The van der Waals surface area contributed by atoms with Crippen molar-refractivity contribution in [2.75, 3.05) is 18.6 Å². The van der Waals surface area contributed by atoms with Crippen LogP contribution in [-0.4, -0.2) is 45.9 Å². The van der Waals surface area contributed by atoms with Gasteiger partial charge in [0, 0.05) is 5.69 Å². The smallest absolute Gasteiger partial charge is 0.272 e. The number of thioether (sulfide) groups is 1. The van der Waals surface area contributed by atoms with Crippen LogP contribution in [0.4, 0.5) is 0 Å². The van der Waals surface area contributed by atoms with Gasteiger partial charge in [-0.3, -0.25) is 9.89 Å². The van der Waals surface area contributed by atoms with Crippen molar-refractivity contribution in [3.63, 3.8) is 0 Å². The second-order valence-electron chi connectivity index (χ2n) is 5.35. The van der Waals surface area contributed by atoms with E-state index in [1.807, 2.05) is 6.26 Å². The average molecular weight is 299 g/mol. The lowest BCUT2D eigenvalue weighted by molar-refractivity contribution is 0.0910. The summed E-state index contributed by atoms with van der Waals surface area (Å²) >= 11 is 1.70. The molecule has 6 heteroatoms. The highest BCUT2D eigenvalue weighted by molar-refractivity contribution is 7.98. The number of nitrogens with zero attached hydrogens (tertiary/aromatic N) is 1. The van der Waals surface area contributed by atoms with Gasteiger partial charge in [0.2, 0.25) is 0 Å². The molecule has 0 unspecified atom stereocenters. The van der Waals surface area contributed by atoms with Crippen molar-refractivity contribution in [1.29, 1.82) is 0 Å². The molecular formula is C14H25N3O2S. The van der Waals surface area contributed by atoms with E-state index in [9.17, 15) is 9.90 Å². The first-order valence-corrected chi connectivity index (χ1v) is 8.41. The first kappa shape index (κ1) is 17.0. The van der Waals surface area contributed by atoms with Crippen LogP contribution in [0.15, 0.2) is 6.07 Å². The van der Waals surface area contributed by atoms with Gasteiger partial charge >= 0.3 is 0 Å². The molecule has 0 fully saturated rings. The number of hydrogen-bond donors (Lipinski definition) is 3. The fourth-order valence-corrected chi connectivity index (χ4v) is 2.30. The number of hydrogen-bond acceptors (Lipinski definition) is 4. The Bertz CT molecular complexity index is 407. The van der Waals surface area contributed by atoms with Crippen molar-refractivity contribution in [3.05, 3.63) is 17.5 Å². The maximum absolute atomic E-state index is 12.0. The summed E-state index contributed by atoms with van der Waals surface area (Å²) < 4.78 is 0. The number of aliphatic hydroxyl groups excluding tert-OH is 1. The lowest BCUT2D eigenvalue weighted by Gasteiger charge is -2.14. The number of aromatic nitrogens is 2. The first-order valence-electron chi connectivity index (χ1n) is 7.01. The molecule has 1 amide bonds. The van der Waals surface area contributed by atoms with Crippen LogP contribution < -0.4 is 5.32 Å². The summed E-state index contributed by atoms with van der Waals surface area (Å²) in [7, 11) is 0. The molecule has 0 saturated carbocycles. The first-order chi connectivity index (χ1) is 9.56. The van der Waals surface area contributed by atoms with E-state index >= 15 is 0 Å². The number of carbonyl (C=O) groups is 1. The highest BCUT2D eigenvalue weighted by Gasteiger charge is 2.15. The van der Waals surface area contributed by atoms with Crippen LogP contribution in [0.1, 0.15) is 42.9 Å². The molecule has 1 rings (SSSR count). The zero-order valence-electron chi connectivity index (χ0n) is 12.5. The quantitative estimate of drug-likeness (QED) is 0.650. The third-order valence-electron chi connectivity index (χ3n) is 3.08. The maximum Gasteiger partial charge on any atom is 0.272 e. The Morgan fingerprint density at radius 3 is 2.85 bits per heavy atom. The van der Waals surface area contributed by atoms with E-state index in [0.29, 0.717) is 11.6 Å². The topological polar surface area (TPSA) is 78.0 Å². The van der Waals surface area contributed by atoms with Gasteiger partial charge in [-0.25, -0.2) is 0 Å². The Hall–Kier alpha value is -1.01. The van der Waals surface area contributed by atoms with Gasteiger partial charge in [-0.05, 0) is 43.3 Å². The Balaban J connectivity index is 2.50. The normalized spacial score (nSPS) is 12.7. The standard InChI is InChI=1S/C14H25N3O2S/c1-10(2)4-5-11-8-13(17-16-11)14(19)15-12(9-18)6-7-20-3/h8,10,12,18H,4-7,9H2,1-3H3,(H,15,19)(H,16,17)/t12-/m0/s1. The summed E-state index contributed by atoms with van der Waals surface area (Å²) in [5.41, 5.74) is 1.37. The minimum atomic E-state index is -0.225. The van der Waals surface area contributed by atoms with Crippen molar-refractivity contribution in [2.45, 2.75) is 39.2 Å². The zero-order chi connectivity index (χ0) is 15.0. The van der Waals surface area contributed by atoms with Gasteiger partial charge in [-0.1, -0.05) is 13.8 Å². The summed E-state index contributed by atoms with van der Waals surface area (Å²) in [4.78, 5) is 12.0. The van der Waals surface area contributed by atoms with E-state index in [-0.39, 0.29) is 18.6 Å². The summed E-state index contributed by atoms with van der Waals surface area (Å²) in [6.07, 6.45) is 4.73. The largest absolute Gasteiger partial charge is 0.394 e. The number of aromatic amines is 1. The van der Waals surface area contributed by atoms with Crippen LogP contribution in [-0.2, 0) is 6.42 Å². The number of aliphatic hydroxyl groups is 1. The van der Waals surface area contributed by atoms with Crippen LogP contribution in [0.25, 0.3) is 0 Å². The lowest BCUT2D eigenvalue weighted by Crippen LogP contribution is -2.38. The fraction of sp³-hybridized carbons (Fsp3) is 0.714. The van der Waals surface area contributed by atoms with Crippen molar-refractivity contribution >= 4 is 17.7 Å². The average Bonchev–Trinajstić information content (AvgIpc) is 2.89. The molecule has 0 bridgehead atoms. The number of nitrogens with one attached hydrogen (secondary N) is 2. The molecule has 1 atom stereocenters. The highest BCUT2D eigenvalue weighted by Crippen LogP contribution is 2.08. The van der Waals surface area contributed by atoms with Gasteiger partial charge in [0.15, 0.2) is 0 Å². The molecule has 0 aliphatic carbocycles. The summed E-state index contributed by atoms with van der Waals surface area (Å²) in [6.45, 7) is 4.29. The fourth-order valence-electron chi connectivity index (χ4n) is 1.78. The summed E-state index contributed by atoms with van der Waals surface area (Å²) in [5.74, 6) is 1.31. The molecule has 20 heavy (non-hydrogen) atoms. The molecule has 114 valence electrons. The lowest BCUT2D eigenvalue weighted by atomic mass is 10.1. The molecular weight excluding hydrogens is 274 g/mol. The highest BCUT2D eigenvalue weighted by atomic mass is 32.2. The molecule has 0 aliphatic heterocycles. The molecule has 0 spiro atoms. The third-order valence-corrected chi connectivity index (χ3v) is 3.72. The second kappa shape index (κ2) is 9.02. The minimum absolute atomic E-state index is 0.0447. The Labute approximate surface area is 124 Å². The number of aryl methyl sites for hydroxylation is 1. The predicted octanol–water partition coefficient (Wildman–Crippen LogP) is 1.84. The van der Waals surface area contributed by atoms with Crippen LogP contribution in [0, 0.1) is 5.92 Å². The van der Waals surface area contributed by atoms with E-state index in [4.69, 9.17) is 0 Å². The third kappa shape index (κ3) is 5.96. The maximum atomic E-state index is 12.0. The van der Waals surface area contributed by atoms with E-state index < -0.39 is 0 Å². The summed E-state index contributed by atoms with van der Waals surface area (Å²) in [6, 6.07) is 1.59. The SMILES string of the molecule is CSCC[C@@H](CO)NC(=O)c1cc(CCC(C)C)[nH]n1. The van der Waals surface area contributed by atoms with Crippen molar-refractivity contribution in [2.24, 2.45) is 5.92 Å². The predicted molar refractivity (Wildman–Crippen MR) is 83.1 cm³/mol. The zero-order valence-corrected chi connectivity index (χ0v) is 13.3. The van der Waals surface area contributed by atoms with Gasteiger partial charge in [0.25, 0.3) is 5.91 Å². The molecule has 5 nitrogen and oxygen atoms in total. The molecule has 0 saturated heterocycles. The van der Waals surface area contributed by atoms with Gasteiger partial charge in [-0.2, -0.15) is 16.9 Å². The second-order valence-corrected chi connectivity index (χ2v) is 6.33. The van der Waals surface area contributed by atoms with Crippen LogP contribution in [0.2, 0.25) is 0 Å². The molecule has 0 radical (unpaired) electrons. The number of rotatable bonds is 9. The van der Waals surface area contributed by atoms with Crippen LogP contribution in [0.5, 0.6) is 0 Å². The van der Waals surface area contributed by atoms with Gasteiger partial charge in [0.1, 0.15) is 5.69 Å². The Morgan fingerprint density at radius 2 is 2.25 bits per heavy atom. The Kier molecular flexibility index (Phi) is 7.69. The summed E-state index contributed by atoms with van der Waals surface area (Å²) in [5, 5.41) is 19.0. The van der Waals surface area contributed by atoms with E-state index in [0.717, 1.165) is 30.7 Å². The van der Waals surface area contributed by atoms with E-state index in [2.05, 4.69) is 29.4 Å². The van der Waals surface area contributed by atoms with Gasteiger partial charge in [0.05, 0.1) is 12.6 Å². The van der Waals surface area contributed by atoms with Crippen molar-refractivity contribution in [1.82, 2.24) is 15.5 Å². The Morgan fingerprint density at radius 1 is 1.50 bits per heavy atom. The van der Waals surface area contributed by atoms with Crippen LogP contribution >= 0.6 is 11.8 Å². The van der Waals surface area contributed by atoms with E-state index in [1.54, 1.807) is 17.8 Å². The van der Waals surface area contributed by atoms with Gasteiger partial charge in [-0.15, -0.1) is 0 Å². The molecule has 1 aromatic rings. The molecule has 0 aromatic carbocycles. The van der Waals surface area contributed by atoms with E-state index in [1.165, 1.54) is 0 Å². The molecule has 1 aromatic heterocycles. The van der Waals surface area contributed by atoms with Crippen LogP contribution in [0.3, 0.4) is 0 Å². The molecule has 1 heterocycles.